The van der Waals surface area contributed by atoms with Crippen LogP contribution in [0.2, 0.25) is 0 Å². The average Bonchev–Trinajstić information content (AvgIpc) is 3.52. The Morgan fingerprint density at radius 1 is 0.474 bits per heavy atom. The van der Waals surface area contributed by atoms with Gasteiger partial charge in [0.2, 0.25) is 0 Å². The Balaban J connectivity index is 1.04. The summed E-state index contributed by atoms with van der Waals surface area (Å²) in [5, 5.41) is 0.745. The number of hydrogen-bond acceptors (Lipinski definition) is 2. The summed E-state index contributed by atoms with van der Waals surface area (Å²) in [6.45, 7) is 1.06. The maximum Gasteiger partial charge on any atom is 0.123 e. The van der Waals surface area contributed by atoms with Crippen molar-refractivity contribution in [1.82, 2.24) is 0 Å². The molecule has 0 unspecified atom stereocenters. The van der Waals surface area contributed by atoms with Crippen LogP contribution in [-0.2, 0) is 31.4 Å². The van der Waals surface area contributed by atoms with E-state index in [2.05, 4.69) is 113 Å². The van der Waals surface area contributed by atoms with E-state index < -0.39 is 0 Å². The molecule has 186 valence electrons. The minimum absolute atomic E-state index is 0.528. The third-order valence-electron chi connectivity index (χ3n) is 7.62. The summed E-state index contributed by atoms with van der Waals surface area (Å²) < 4.78 is 12.5. The Bertz CT molecular complexity index is 1550. The van der Waals surface area contributed by atoms with Gasteiger partial charge in [0.15, 0.2) is 0 Å². The van der Waals surface area contributed by atoms with Gasteiger partial charge in [0, 0.05) is 11.4 Å². The summed E-state index contributed by atoms with van der Waals surface area (Å²) in [6, 6.07) is 36.9. The number of fused-ring (bicyclic) bond motifs is 6. The number of halogens is 1. The third kappa shape index (κ3) is 4.41. The van der Waals surface area contributed by atoms with Crippen LogP contribution in [0.15, 0.2) is 103 Å². The second-order valence-corrected chi connectivity index (χ2v) is 10.7. The molecule has 2 nitrogen and oxygen atoms in total. The van der Waals surface area contributed by atoms with E-state index in [1.54, 1.807) is 0 Å². The van der Waals surface area contributed by atoms with Gasteiger partial charge in [-0.25, -0.2) is 0 Å². The Morgan fingerprint density at radius 3 is 1.45 bits per heavy atom. The molecular formula is C35H27BrO2. The van der Waals surface area contributed by atoms with Gasteiger partial charge >= 0.3 is 0 Å². The largest absolute Gasteiger partial charge is 0.489 e. The minimum atomic E-state index is 0.528. The lowest BCUT2D eigenvalue weighted by Gasteiger charge is -2.13. The SMILES string of the molecule is BrCc1cc(OCc2ccc3c(c2)Cc2ccccc2-3)cc(OCc2ccc3c(c2)Cc2ccccc2-3)c1. The van der Waals surface area contributed by atoms with Crippen molar-refractivity contribution < 1.29 is 9.47 Å². The molecular weight excluding hydrogens is 532 g/mol. The van der Waals surface area contributed by atoms with Gasteiger partial charge in [-0.15, -0.1) is 0 Å². The molecule has 0 saturated carbocycles. The monoisotopic (exact) mass is 558 g/mol. The van der Waals surface area contributed by atoms with Gasteiger partial charge in [-0.2, -0.15) is 0 Å². The van der Waals surface area contributed by atoms with E-state index in [1.807, 2.05) is 6.07 Å². The first kappa shape index (κ1) is 23.3. The molecule has 0 fully saturated rings. The van der Waals surface area contributed by atoms with Crippen LogP contribution in [0.4, 0.5) is 0 Å². The van der Waals surface area contributed by atoms with Crippen molar-refractivity contribution in [3.63, 3.8) is 0 Å². The first-order chi connectivity index (χ1) is 18.7. The molecule has 0 atom stereocenters. The topological polar surface area (TPSA) is 18.5 Å². The Kier molecular flexibility index (Phi) is 6.02. The highest BCUT2D eigenvalue weighted by molar-refractivity contribution is 9.08. The lowest BCUT2D eigenvalue weighted by Crippen LogP contribution is -2.00. The molecule has 3 heteroatoms. The normalized spacial score (nSPS) is 12.4. The Hall–Kier alpha value is -3.82. The average molecular weight is 560 g/mol. The first-order valence-corrected chi connectivity index (χ1v) is 14.2. The molecule has 0 aliphatic heterocycles. The summed E-state index contributed by atoms with van der Waals surface area (Å²) >= 11 is 3.60. The second-order valence-electron chi connectivity index (χ2n) is 10.2. The molecule has 5 aromatic rings. The van der Waals surface area contributed by atoms with Crippen LogP contribution in [0.5, 0.6) is 11.5 Å². The molecule has 0 spiro atoms. The second kappa shape index (κ2) is 9.81. The van der Waals surface area contributed by atoms with Gasteiger partial charge in [0.05, 0.1) is 0 Å². The lowest BCUT2D eigenvalue weighted by atomic mass is 10.0. The Morgan fingerprint density at radius 2 is 0.947 bits per heavy atom. The van der Waals surface area contributed by atoms with E-state index >= 15 is 0 Å². The van der Waals surface area contributed by atoms with E-state index in [1.165, 1.54) is 55.6 Å². The summed E-state index contributed by atoms with van der Waals surface area (Å²) in [6.07, 6.45) is 1.98. The molecule has 0 aromatic heterocycles. The fourth-order valence-corrected chi connectivity index (χ4v) is 6.11. The number of rotatable bonds is 7. The minimum Gasteiger partial charge on any atom is -0.489 e. The van der Waals surface area contributed by atoms with E-state index in [-0.39, 0.29) is 0 Å². The van der Waals surface area contributed by atoms with E-state index in [0.29, 0.717) is 13.2 Å². The van der Waals surface area contributed by atoms with Crippen LogP contribution in [0, 0.1) is 0 Å². The van der Waals surface area contributed by atoms with Crippen molar-refractivity contribution in [2.24, 2.45) is 0 Å². The molecule has 2 aliphatic rings. The summed E-state index contributed by atoms with van der Waals surface area (Å²) in [7, 11) is 0. The molecule has 0 heterocycles. The lowest BCUT2D eigenvalue weighted by molar-refractivity contribution is 0.289. The fraction of sp³-hybridized carbons (Fsp3) is 0.143. The van der Waals surface area contributed by atoms with Crippen molar-refractivity contribution >= 4 is 15.9 Å². The van der Waals surface area contributed by atoms with Gasteiger partial charge in [-0.1, -0.05) is 101 Å². The molecule has 7 rings (SSSR count). The van der Waals surface area contributed by atoms with Crippen molar-refractivity contribution in [3.05, 3.63) is 142 Å². The van der Waals surface area contributed by atoms with Crippen LogP contribution in [-0.4, -0.2) is 0 Å². The third-order valence-corrected chi connectivity index (χ3v) is 8.27. The maximum absolute atomic E-state index is 6.26. The van der Waals surface area contributed by atoms with Crippen molar-refractivity contribution in [2.75, 3.05) is 0 Å². The summed E-state index contributed by atoms with van der Waals surface area (Å²) in [4.78, 5) is 0. The molecule has 0 N–H and O–H groups in total. The number of hydrogen-bond donors (Lipinski definition) is 0. The molecule has 0 radical (unpaired) electrons. The summed E-state index contributed by atoms with van der Waals surface area (Å²) in [5.74, 6) is 1.65. The van der Waals surface area contributed by atoms with Crippen LogP contribution < -0.4 is 9.47 Å². The number of benzene rings is 5. The molecule has 5 aromatic carbocycles. The summed E-state index contributed by atoms with van der Waals surface area (Å²) in [5.41, 5.74) is 14.5. The molecule has 0 saturated heterocycles. The zero-order valence-corrected chi connectivity index (χ0v) is 22.6. The fourth-order valence-electron chi connectivity index (χ4n) is 5.78. The zero-order valence-electron chi connectivity index (χ0n) is 21.0. The van der Waals surface area contributed by atoms with Crippen molar-refractivity contribution in [1.29, 1.82) is 0 Å². The zero-order chi connectivity index (χ0) is 25.5. The first-order valence-electron chi connectivity index (χ1n) is 13.1. The molecule has 0 bridgehead atoms. The predicted molar refractivity (Wildman–Crippen MR) is 157 cm³/mol. The molecule has 38 heavy (non-hydrogen) atoms. The Labute approximate surface area is 232 Å². The highest BCUT2D eigenvalue weighted by Gasteiger charge is 2.19. The van der Waals surface area contributed by atoms with Crippen LogP contribution in [0.3, 0.4) is 0 Å². The van der Waals surface area contributed by atoms with Crippen LogP contribution in [0.25, 0.3) is 22.3 Å². The van der Waals surface area contributed by atoms with Gasteiger partial charge in [-0.05, 0) is 86.2 Å². The number of ether oxygens (including phenoxy) is 2. The quantitative estimate of drug-likeness (QED) is 0.182. The van der Waals surface area contributed by atoms with E-state index in [0.717, 1.165) is 35.2 Å². The molecule has 0 amide bonds. The van der Waals surface area contributed by atoms with E-state index in [9.17, 15) is 0 Å². The standard InChI is InChI=1S/C35H27BrO2/c36-20-25-15-30(37-21-23-9-11-34-28(13-23)17-26-5-1-3-7-32(26)34)19-31(16-25)38-22-24-10-12-35-29(14-24)18-27-6-2-4-8-33(27)35/h1-16,19H,17-18,20-22H2. The highest BCUT2D eigenvalue weighted by Crippen LogP contribution is 2.38. The van der Waals surface area contributed by atoms with Crippen molar-refractivity contribution in [2.45, 2.75) is 31.4 Å². The van der Waals surface area contributed by atoms with Crippen molar-refractivity contribution in [3.8, 4) is 33.8 Å². The maximum atomic E-state index is 6.26. The van der Waals surface area contributed by atoms with Gasteiger partial charge in [0.25, 0.3) is 0 Å². The van der Waals surface area contributed by atoms with E-state index in [4.69, 9.17) is 9.47 Å². The smallest absolute Gasteiger partial charge is 0.123 e. The number of alkyl halides is 1. The highest BCUT2D eigenvalue weighted by atomic mass is 79.9. The van der Waals surface area contributed by atoms with Crippen LogP contribution >= 0.6 is 15.9 Å². The van der Waals surface area contributed by atoms with Gasteiger partial charge in [-0.3, -0.25) is 0 Å². The predicted octanol–water partition coefficient (Wildman–Crippen LogP) is 8.88. The van der Waals surface area contributed by atoms with Crippen LogP contribution in [0.1, 0.15) is 38.9 Å². The van der Waals surface area contributed by atoms with Gasteiger partial charge in [0.1, 0.15) is 24.7 Å². The van der Waals surface area contributed by atoms with Gasteiger partial charge < -0.3 is 9.47 Å². The molecule has 2 aliphatic carbocycles.